The number of cyclic esters (lactones) is 1. The molecule has 5 heteroatoms. The van der Waals surface area contributed by atoms with Crippen molar-refractivity contribution in [3.05, 3.63) is 143 Å². The van der Waals surface area contributed by atoms with E-state index in [1.165, 1.54) is 4.90 Å². The van der Waals surface area contributed by atoms with Crippen LogP contribution in [0.3, 0.4) is 0 Å². The van der Waals surface area contributed by atoms with Crippen LogP contribution >= 0.6 is 0 Å². The van der Waals surface area contributed by atoms with Gasteiger partial charge in [-0.25, -0.2) is 9.69 Å². The van der Waals surface area contributed by atoms with E-state index in [-0.39, 0.29) is 0 Å². The molecule has 5 nitrogen and oxygen atoms in total. The van der Waals surface area contributed by atoms with E-state index in [2.05, 4.69) is 0 Å². The zero-order valence-electron chi connectivity index (χ0n) is 19.4. The van der Waals surface area contributed by atoms with Crippen molar-refractivity contribution in [1.29, 1.82) is 0 Å². The Bertz CT molecular complexity index is 1260. The molecule has 2 N–H and O–H groups in total. The highest BCUT2D eigenvalue weighted by Crippen LogP contribution is 2.48. The third-order valence-electron chi connectivity index (χ3n) is 6.71. The largest absolute Gasteiger partial charge is 0.428 e. The molecule has 4 aromatic rings. The molecule has 5 rings (SSSR count). The van der Waals surface area contributed by atoms with Crippen molar-refractivity contribution in [3.8, 4) is 0 Å². The van der Waals surface area contributed by atoms with Crippen LogP contribution < -0.4 is 5.73 Å². The van der Waals surface area contributed by atoms with Crippen molar-refractivity contribution >= 4 is 12.0 Å². The molecular weight excluding hydrogens is 436 g/mol. The van der Waals surface area contributed by atoms with Crippen LogP contribution in [-0.2, 0) is 27.2 Å². The normalized spacial score (nSPS) is 17.9. The molecule has 35 heavy (non-hydrogen) atoms. The number of hydrogen-bond acceptors (Lipinski definition) is 4. The van der Waals surface area contributed by atoms with Crippen molar-refractivity contribution < 1.29 is 14.3 Å². The molecule has 0 bridgehead atoms. The number of nitrogens with zero attached hydrogens (tertiary/aromatic N) is 1. The van der Waals surface area contributed by atoms with Gasteiger partial charge in [-0.1, -0.05) is 109 Å². The van der Waals surface area contributed by atoms with E-state index in [0.29, 0.717) is 12.1 Å². The third kappa shape index (κ3) is 3.52. The number of amides is 2. The molecule has 0 aliphatic carbocycles. The molecule has 174 valence electrons. The van der Waals surface area contributed by atoms with Gasteiger partial charge < -0.3 is 10.5 Å². The number of rotatable bonds is 6. The van der Waals surface area contributed by atoms with Gasteiger partial charge in [0.1, 0.15) is 5.54 Å². The molecule has 0 radical (unpaired) electrons. The van der Waals surface area contributed by atoms with Crippen LogP contribution in [0.5, 0.6) is 0 Å². The Morgan fingerprint density at radius 1 is 0.743 bits per heavy atom. The lowest BCUT2D eigenvalue weighted by Crippen LogP contribution is -2.52. The third-order valence-corrected chi connectivity index (χ3v) is 6.71. The molecule has 1 atom stereocenters. The molecule has 0 aromatic heterocycles. The maximum atomic E-state index is 14.4. The summed E-state index contributed by atoms with van der Waals surface area (Å²) in [5.74, 6) is -0.437. The maximum Gasteiger partial charge on any atom is 0.419 e. The first kappa shape index (κ1) is 22.6. The molecule has 1 heterocycles. The number of carbonyl (C=O) groups excluding carboxylic acids is 2. The second-order valence-corrected chi connectivity index (χ2v) is 8.75. The van der Waals surface area contributed by atoms with Crippen molar-refractivity contribution in [2.45, 2.75) is 24.6 Å². The van der Waals surface area contributed by atoms with Crippen LogP contribution in [0.15, 0.2) is 115 Å². The maximum absolute atomic E-state index is 14.4. The van der Waals surface area contributed by atoms with Gasteiger partial charge in [-0.05, 0) is 35.2 Å². The molecule has 1 fully saturated rings. The number of ether oxygens (including phenoxy) is 1. The van der Waals surface area contributed by atoms with E-state index in [1.807, 2.05) is 109 Å². The summed E-state index contributed by atoms with van der Waals surface area (Å²) in [4.78, 5) is 29.4. The Kier molecular flexibility index (Phi) is 5.71. The zero-order valence-corrected chi connectivity index (χ0v) is 19.4. The number of imide groups is 1. The first-order chi connectivity index (χ1) is 17.0. The van der Waals surface area contributed by atoms with Crippen LogP contribution in [0, 0.1) is 0 Å². The van der Waals surface area contributed by atoms with Gasteiger partial charge in [-0.2, -0.15) is 0 Å². The van der Waals surface area contributed by atoms with Gasteiger partial charge >= 0.3 is 6.09 Å². The molecule has 0 unspecified atom stereocenters. The average molecular weight is 463 g/mol. The number of carbonyl (C=O) groups is 2. The Balaban J connectivity index is 1.79. The van der Waals surface area contributed by atoms with Gasteiger partial charge in [0.05, 0.1) is 0 Å². The summed E-state index contributed by atoms with van der Waals surface area (Å²) >= 11 is 0. The topological polar surface area (TPSA) is 72.6 Å². The van der Waals surface area contributed by atoms with Gasteiger partial charge in [0.15, 0.2) is 0 Å². The first-order valence-corrected chi connectivity index (χ1v) is 11.6. The van der Waals surface area contributed by atoms with Crippen LogP contribution in [0.1, 0.15) is 34.7 Å². The lowest BCUT2D eigenvalue weighted by molar-refractivity contribution is -0.138. The summed E-state index contributed by atoms with van der Waals surface area (Å²) in [6, 6.07) is 36.1. The van der Waals surface area contributed by atoms with E-state index in [9.17, 15) is 9.59 Å². The lowest BCUT2D eigenvalue weighted by atomic mass is 9.75. The SMILES string of the molecule is C[C@]1(c2cccc(CN)c2)OC(=O)N(C(c2ccccc2)(c2ccccc2)c2ccccc2)C1=O. The Morgan fingerprint density at radius 2 is 1.23 bits per heavy atom. The molecule has 1 aliphatic heterocycles. The minimum absolute atomic E-state index is 0.317. The lowest BCUT2D eigenvalue weighted by Gasteiger charge is -2.41. The van der Waals surface area contributed by atoms with Crippen LogP contribution in [0.4, 0.5) is 4.79 Å². The first-order valence-electron chi connectivity index (χ1n) is 11.6. The Hall–Kier alpha value is -4.22. The van der Waals surface area contributed by atoms with Crippen molar-refractivity contribution in [1.82, 2.24) is 4.90 Å². The van der Waals surface area contributed by atoms with Gasteiger partial charge in [-0.15, -0.1) is 0 Å². The van der Waals surface area contributed by atoms with Crippen LogP contribution in [-0.4, -0.2) is 16.9 Å². The van der Waals surface area contributed by atoms with Gasteiger partial charge in [0, 0.05) is 12.1 Å². The smallest absolute Gasteiger partial charge is 0.419 e. The van der Waals surface area contributed by atoms with E-state index in [1.54, 1.807) is 13.0 Å². The average Bonchev–Trinajstić information content (AvgIpc) is 3.15. The quantitative estimate of drug-likeness (QED) is 0.393. The summed E-state index contributed by atoms with van der Waals surface area (Å²) in [6.45, 7) is 1.96. The van der Waals surface area contributed by atoms with Crippen molar-refractivity contribution in [2.75, 3.05) is 0 Å². The summed E-state index contributed by atoms with van der Waals surface area (Å²) in [6.07, 6.45) is -0.702. The van der Waals surface area contributed by atoms with Crippen molar-refractivity contribution in [2.24, 2.45) is 5.73 Å². The minimum Gasteiger partial charge on any atom is -0.428 e. The summed E-state index contributed by atoms with van der Waals surface area (Å²) in [7, 11) is 0. The minimum atomic E-state index is -1.49. The monoisotopic (exact) mass is 462 g/mol. The zero-order chi connectivity index (χ0) is 24.5. The van der Waals surface area contributed by atoms with Gasteiger partial charge in [0.25, 0.3) is 5.91 Å². The van der Waals surface area contributed by atoms with E-state index in [0.717, 1.165) is 22.3 Å². The predicted molar refractivity (Wildman–Crippen MR) is 134 cm³/mol. The predicted octanol–water partition coefficient (Wildman–Crippen LogP) is 5.33. The molecule has 0 spiro atoms. The summed E-state index contributed by atoms with van der Waals surface area (Å²) < 4.78 is 5.93. The summed E-state index contributed by atoms with van der Waals surface area (Å²) in [5, 5.41) is 0. The van der Waals surface area contributed by atoms with Crippen molar-refractivity contribution in [3.63, 3.8) is 0 Å². The Labute approximate surface area is 204 Å². The fourth-order valence-electron chi connectivity index (χ4n) is 4.95. The van der Waals surface area contributed by atoms with E-state index >= 15 is 0 Å². The Morgan fingerprint density at radius 3 is 1.69 bits per heavy atom. The van der Waals surface area contributed by atoms with E-state index < -0.39 is 23.1 Å². The second-order valence-electron chi connectivity index (χ2n) is 8.75. The number of hydrogen-bond donors (Lipinski definition) is 1. The fraction of sp³-hybridized carbons (Fsp3) is 0.133. The second kappa shape index (κ2) is 8.85. The van der Waals surface area contributed by atoms with Gasteiger partial charge in [0.2, 0.25) is 5.60 Å². The standard InChI is InChI=1S/C30H26N2O3/c1-29(26-19-11-12-22(20-26)21-31)27(33)32(28(34)35-29)30(23-13-5-2-6-14-23,24-15-7-3-8-16-24)25-17-9-4-10-18-25/h2-20H,21,31H2,1H3/t29-/m1/s1. The molecule has 2 amide bonds. The highest BCUT2D eigenvalue weighted by atomic mass is 16.6. The number of benzene rings is 4. The molecule has 1 saturated heterocycles. The summed E-state index contributed by atoms with van der Waals surface area (Å²) in [5.41, 5.74) is 6.90. The molecular formula is C30H26N2O3. The fourth-order valence-corrected chi connectivity index (χ4v) is 4.95. The van der Waals surface area contributed by atoms with Gasteiger partial charge in [-0.3, -0.25) is 4.79 Å². The molecule has 1 aliphatic rings. The molecule has 4 aromatic carbocycles. The number of nitrogens with two attached hydrogens (primary N) is 1. The van der Waals surface area contributed by atoms with E-state index in [4.69, 9.17) is 10.5 Å². The van der Waals surface area contributed by atoms with Crippen LogP contribution in [0.2, 0.25) is 0 Å². The highest BCUT2D eigenvalue weighted by Gasteiger charge is 2.60. The molecule has 0 saturated carbocycles. The van der Waals surface area contributed by atoms with Crippen LogP contribution in [0.25, 0.3) is 0 Å². The highest BCUT2D eigenvalue weighted by molar-refractivity contribution is 6.05.